The summed E-state index contributed by atoms with van der Waals surface area (Å²) < 4.78 is 43.4. The summed E-state index contributed by atoms with van der Waals surface area (Å²) in [6.45, 7) is 1.24. The van der Waals surface area contributed by atoms with Crippen LogP contribution in [0.25, 0.3) is 0 Å². The fraction of sp³-hybridized carbons (Fsp3) is 1.00. The summed E-state index contributed by atoms with van der Waals surface area (Å²) in [6.07, 6.45) is -1.52. The van der Waals surface area contributed by atoms with E-state index in [0.717, 1.165) is 19.3 Å². The van der Waals surface area contributed by atoms with Crippen LogP contribution in [0.15, 0.2) is 0 Å². The molecule has 0 spiro atoms. The van der Waals surface area contributed by atoms with Crippen LogP contribution in [0, 0.1) is 17.8 Å². The molecule has 2 nitrogen and oxygen atoms in total. The quantitative estimate of drug-likeness (QED) is 0.832. The molecule has 2 aliphatic rings. The predicted octanol–water partition coefficient (Wildman–Crippen LogP) is 3.14. The fourth-order valence-electron chi connectivity index (χ4n) is 3.28. The molecule has 0 aromatic rings. The van der Waals surface area contributed by atoms with E-state index in [1.165, 1.54) is 0 Å². The summed E-state index contributed by atoms with van der Waals surface area (Å²) in [5, 5.41) is 10.3. The smallest absolute Gasteiger partial charge is 0.391 e. The molecule has 1 N–H and O–H groups in total. The SMILES string of the molecule is OC(C1CCOCC1)C1CCCC(C(F)(F)F)C1. The van der Waals surface area contributed by atoms with Crippen molar-refractivity contribution in [3.63, 3.8) is 0 Å². The zero-order valence-corrected chi connectivity index (χ0v) is 10.5. The first-order chi connectivity index (χ1) is 8.48. The van der Waals surface area contributed by atoms with E-state index in [2.05, 4.69) is 0 Å². The summed E-state index contributed by atoms with van der Waals surface area (Å²) >= 11 is 0. The van der Waals surface area contributed by atoms with Gasteiger partial charge in [-0.05, 0) is 43.9 Å². The largest absolute Gasteiger partial charge is 0.393 e. The summed E-state index contributed by atoms with van der Waals surface area (Å²) in [5.41, 5.74) is 0. The van der Waals surface area contributed by atoms with Gasteiger partial charge < -0.3 is 9.84 Å². The summed E-state index contributed by atoms with van der Waals surface area (Å²) in [4.78, 5) is 0. The molecule has 18 heavy (non-hydrogen) atoms. The maximum atomic E-state index is 12.7. The molecular weight excluding hydrogens is 245 g/mol. The second-order valence-electron chi connectivity index (χ2n) is 5.61. The molecule has 0 aromatic heterocycles. The van der Waals surface area contributed by atoms with E-state index in [0.29, 0.717) is 19.6 Å². The average Bonchev–Trinajstić information content (AvgIpc) is 2.38. The van der Waals surface area contributed by atoms with Gasteiger partial charge in [0, 0.05) is 13.2 Å². The van der Waals surface area contributed by atoms with Crippen molar-refractivity contribution in [2.24, 2.45) is 17.8 Å². The Bertz CT molecular complexity index is 261. The number of aliphatic hydroxyl groups is 1. The van der Waals surface area contributed by atoms with Crippen LogP contribution < -0.4 is 0 Å². The van der Waals surface area contributed by atoms with Gasteiger partial charge in [-0.3, -0.25) is 0 Å². The molecule has 3 unspecified atom stereocenters. The fourth-order valence-corrected chi connectivity index (χ4v) is 3.28. The van der Waals surface area contributed by atoms with Gasteiger partial charge in [-0.25, -0.2) is 0 Å². The highest BCUT2D eigenvalue weighted by atomic mass is 19.4. The molecule has 2 rings (SSSR count). The number of rotatable bonds is 2. The maximum Gasteiger partial charge on any atom is 0.391 e. The number of alkyl halides is 3. The van der Waals surface area contributed by atoms with Crippen molar-refractivity contribution in [1.82, 2.24) is 0 Å². The lowest BCUT2D eigenvalue weighted by Crippen LogP contribution is -2.38. The standard InChI is InChI=1S/C13H21F3O2/c14-13(15,16)11-3-1-2-10(8-11)12(17)9-4-6-18-7-5-9/h9-12,17H,1-8H2. The third kappa shape index (κ3) is 3.38. The minimum atomic E-state index is -4.10. The molecule has 1 saturated heterocycles. The zero-order valence-electron chi connectivity index (χ0n) is 10.5. The Morgan fingerprint density at radius 1 is 1.00 bits per heavy atom. The van der Waals surface area contributed by atoms with E-state index in [1.54, 1.807) is 0 Å². The van der Waals surface area contributed by atoms with Crippen LogP contribution in [-0.2, 0) is 4.74 Å². The number of aliphatic hydroxyl groups excluding tert-OH is 1. The summed E-state index contributed by atoms with van der Waals surface area (Å²) in [7, 11) is 0. The van der Waals surface area contributed by atoms with Gasteiger partial charge in [0.05, 0.1) is 12.0 Å². The Morgan fingerprint density at radius 3 is 2.28 bits per heavy atom. The van der Waals surface area contributed by atoms with Crippen molar-refractivity contribution < 1.29 is 23.0 Å². The molecule has 0 aromatic carbocycles. The van der Waals surface area contributed by atoms with Gasteiger partial charge in [-0.15, -0.1) is 0 Å². The van der Waals surface area contributed by atoms with Crippen LogP contribution in [0.2, 0.25) is 0 Å². The Kier molecular flexibility index (Phi) is 4.54. The van der Waals surface area contributed by atoms with Gasteiger partial charge in [-0.2, -0.15) is 13.2 Å². The molecule has 1 aliphatic heterocycles. The van der Waals surface area contributed by atoms with Crippen LogP contribution in [-0.4, -0.2) is 30.6 Å². The average molecular weight is 266 g/mol. The van der Waals surface area contributed by atoms with Crippen molar-refractivity contribution in [2.75, 3.05) is 13.2 Å². The zero-order chi connectivity index (χ0) is 13.2. The molecule has 0 radical (unpaired) electrons. The van der Waals surface area contributed by atoms with Gasteiger partial charge in [0.2, 0.25) is 0 Å². The van der Waals surface area contributed by atoms with Crippen LogP contribution in [0.4, 0.5) is 13.2 Å². The molecule has 106 valence electrons. The Labute approximate surface area is 106 Å². The van der Waals surface area contributed by atoms with Crippen molar-refractivity contribution in [3.8, 4) is 0 Å². The van der Waals surface area contributed by atoms with E-state index in [9.17, 15) is 18.3 Å². The van der Waals surface area contributed by atoms with E-state index < -0.39 is 18.2 Å². The normalized spacial score (nSPS) is 33.3. The van der Waals surface area contributed by atoms with Crippen LogP contribution in [0.3, 0.4) is 0 Å². The van der Waals surface area contributed by atoms with Gasteiger partial charge in [0.25, 0.3) is 0 Å². The molecule has 5 heteroatoms. The maximum absolute atomic E-state index is 12.7. The van der Waals surface area contributed by atoms with Crippen LogP contribution in [0.1, 0.15) is 38.5 Å². The van der Waals surface area contributed by atoms with Crippen molar-refractivity contribution >= 4 is 0 Å². The van der Waals surface area contributed by atoms with E-state index in [-0.39, 0.29) is 24.7 Å². The molecular formula is C13H21F3O2. The van der Waals surface area contributed by atoms with Crippen LogP contribution in [0.5, 0.6) is 0 Å². The van der Waals surface area contributed by atoms with Gasteiger partial charge >= 0.3 is 6.18 Å². The third-order valence-corrected chi connectivity index (χ3v) is 4.41. The molecule has 1 heterocycles. The Morgan fingerprint density at radius 2 is 1.67 bits per heavy atom. The number of hydrogen-bond donors (Lipinski definition) is 1. The number of ether oxygens (including phenoxy) is 1. The number of hydrogen-bond acceptors (Lipinski definition) is 2. The highest BCUT2D eigenvalue weighted by molar-refractivity contribution is 4.85. The lowest BCUT2D eigenvalue weighted by atomic mass is 9.74. The summed E-state index contributed by atoms with van der Waals surface area (Å²) in [5.74, 6) is -1.28. The molecule has 0 amide bonds. The van der Waals surface area contributed by atoms with Gasteiger partial charge in [0.15, 0.2) is 0 Å². The van der Waals surface area contributed by atoms with E-state index in [1.807, 2.05) is 0 Å². The first-order valence-corrected chi connectivity index (χ1v) is 6.81. The molecule has 0 bridgehead atoms. The van der Waals surface area contributed by atoms with Gasteiger partial charge in [-0.1, -0.05) is 6.42 Å². The van der Waals surface area contributed by atoms with Gasteiger partial charge in [0.1, 0.15) is 0 Å². The first kappa shape index (κ1) is 14.1. The molecule has 3 atom stereocenters. The second-order valence-corrected chi connectivity index (χ2v) is 5.61. The Hall–Kier alpha value is -0.290. The predicted molar refractivity (Wildman–Crippen MR) is 61.1 cm³/mol. The Balaban J connectivity index is 1.91. The molecule has 2 fully saturated rings. The minimum absolute atomic E-state index is 0.0992. The third-order valence-electron chi connectivity index (χ3n) is 4.41. The molecule has 1 aliphatic carbocycles. The molecule has 1 saturated carbocycles. The van der Waals surface area contributed by atoms with Crippen LogP contribution >= 0.6 is 0 Å². The first-order valence-electron chi connectivity index (χ1n) is 6.81. The number of halogens is 3. The minimum Gasteiger partial charge on any atom is -0.393 e. The van der Waals surface area contributed by atoms with Crippen molar-refractivity contribution in [1.29, 1.82) is 0 Å². The lowest BCUT2D eigenvalue weighted by Gasteiger charge is -2.37. The summed E-state index contributed by atoms with van der Waals surface area (Å²) in [6, 6.07) is 0. The topological polar surface area (TPSA) is 29.5 Å². The van der Waals surface area contributed by atoms with Crippen molar-refractivity contribution in [3.05, 3.63) is 0 Å². The highest BCUT2D eigenvalue weighted by Crippen LogP contribution is 2.42. The monoisotopic (exact) mass is 266 g/mol. The lowest BCUT2D eigenvalue weighted by molar-refractivity contribution is -0.190. The van der Waals surface area contributed by atoms with E-state index >= 15 is 0 Å². The highest BCUT2D eigenvalue weighted by Gasteiger charge is 2.44. The van der Waals surface area contributed by atoms with Crippen molar-refractivity contribution in [2.45, 2.75) is 50.8 Å². The van der Waals surface area contributed by atoms with E-state index in [4.69, 9.17) is 4.74 Å². The second kappa shape index (κ2) is 5.78.